The van der Waals surface area contributed by atoms with E-state index < -0.39 is 0 Å². The van der Waals surface area contributed by atoms with E-state index in [1.807, 2.05) is 0 Å². The van der Waals surface area contributed by atoms with Crippen LogP contribution in [0, 0.1) is 34.6 Å². The van der Waals surface area contributed by atoms with E-state index in [1.54, 1.807) is 5.56 Å². The molecule has 0 N–H and O–H groups in total. The number of hydrogen-bond acceptors (Lipinski definition) is 0. The molecule has 0 atom stereocenters. The van der Waals surface area contributed by atoms with E-state index in [-0.39, 0.29) is 51.0 Å². The first-order valence-corrected chi connectivity index (χ1v) is 7.93. The van der Waals surface area contributed by atoms with E-state index in [0.29, 0.717) is 0 Å². The van der Waals surface area contributed by atoms with Crippen LogP contribution in [0.25, 0.3) is 0 Å². The van der Waals surface area contributed by atoms with Crippen molar-refractivity contribution >= 4 is 0 Å². The molecule has 1 saturated carbocycles. The minimum Gasteiger partial charge on any atom is -1.00 e. The van der Waals surface area contributed by atoms with Crippen LogP contribution < -0.4 is 24.8 Å². The fourth-order valence-electron chi connectivity index (χ4n) is 3.33. The van der Waals surface area contributed by atoms with Gasteiger partial charge in [0, 0.05) is 0 Å². The smallest absolute Gasteiger partial charge is 1.00 e. The average molecular weight is 431 g/mol. The van der Waals surface area contributed by atoms with E-state index in [9.17, 15) is 0 Å². The Bertz CT molecular complexity index is 466. The summed E-state index contributed by atoms with van der Waals surface area (Å²) in [7, 11) is 0. The minimum absolute atomic E-state index is 0. The second-order valence-electron chi connectivity index (χ2n) is 6.32. The molecule has 1 fully saturated rings. The number of hydrogen-bond donors (Lipinski definition) is 0. The minimum atomic E-state index is 0. The summed E-state index contributed by atoms with van der Waals surface area (Å²) in [6.07, 6.45) is 5.72. The molecule has 23 heavy (non-hydrogen) atoms. The third-order valence-corrected chi connectivity index (χ3v) is 5.33. The monoisotopic (exact) mass is 428 g/mol. The third kappa shape index (κ3) is 6.19. The second-order valence-corrected chi connectivity index (χ2v) is 6.32. The maximum absolute atomic E-state index is 2.26. The van der Waals surface area contributed by atoms with Crippen LogP contribution in [0.5, 0.6) is 0 Å². The van der Waals surface area contributed by atoms with Gasteiger partial charge < -0.3 is 24.8 Å². The van der Waals surface area contributed by atoms with Crippen molar-refractivity contribution in [2.75, 3.05) is 0 Å². The number of halogens is 2. The first-order chi connectivity index (χ1) is 9.52. The van der Waals surface area contributed by atoms with E-state index in [0.717, 1.165) is 5.92 Å². The summed E-state index contributed by atoms with van der Waals surface area (Å²) >= 11 is 0. The van der Waals surface area contributed by atoms with E-state index in [2.05, 4.69) is 58.9 Å². The summed E-state index contributed by atoms with van der Waals surface area (Å²) in [4.78, 5) is 0. The fraction of sp³-hybridized carbons (Fsp3) is 0.500. The summed E-state index contributed by atoms with van der Waals surface area (Å²) in [6.45, 7) is 11.0. The summed E-state index contributed by atoms with van der Waals surface area (Å²) < 4.78 is 0. The van der Waals surface area contributed by atoms with Crippen LogP contribution in [0.15, 0.2) is 24.3 Å². The van der Waals surface area contributed by atoms with Crippen LogP contribution in [0.3, 0.4) is 0 Å². The molecule has 126 valence electrons. The predicted octanol–water partition coefficient (Wildman–Crippen LogP) is 0.0162. The topological polar surface area (TPSA) is 0 Å². The van der Waals surface area contributed by atoms with Gasteiger partial charge in [-0.25, -0.2) is 12.1 Å². The Morgan fingerprint density at radius 3 is 1.52 bits per heavy atom. The summed E-state index contributed by atoms with van der Waals surface area (Å²) in [5, 5.41) is 0. The molecule has 0 unspecified atom stereocenters. The molecule has 0 aliphatic heterocycles. The number of rotatable bonds is 1. The quantitative estimate of drug-likeness (QED) is 0.560. The molecular formula is C20H28Cl2Zr. The predicted molar refractivity (Wildman–Crippen MR) is 89.0 cm³/mol. The zero-order valence-corrected chi connectivity index (χ0v) is 18.9. The average Bonchev–Trinajstić information content (AvgIpc) is 3.17. The molecule has 2 aromatic rings. The van der Waals surface area contributed by atoms with Gasteiger partial charge in [-0.3, -0.25) is 0 Å². The van der Waals surface area contributed by atoms with Crippen molar-refractivity contribution in [3.63, 3.8) is 0 Å². The molecule has 3 heteroatoms. The largest absolute Gasteiger partial charge is 4.00 e. The van der Waals surface area contributed by atoms with Crippen molar-refractivity contribution < 1.29 is 51.0 Å². The van der Waals surface area contributed by atoms with Crippen LogP contribution in [0.2, 0.25) is 0 Å². The zero-order valence-electron chi connectivity index (χ0n) is 15.0. The van der Waals surface area contributed by atoms with Gasteiger partial charge in [0.05, 0.1) is 0 Å². The van der Waals surface area contributed by atoms with Gasteiger partial charge >= 0.3 is 26.2 Å². The van der Waals surface area contributed by atoms with Crippen molar-refractivity contribution in [2.45, 2.75) is 66.2 Å². The van der Waals surface area contributed by atoms with E-state index in [4.69, 9.17) is 0 Å². The van der Waals surface area contributed by atoms with Gasteiger partial charge in [0.15, 0.2) is 0 Å². The van der Waals surface area contributed by atoms with Gasteiger partial charge in [0.25, 0.3) is 0 Å². The van der Waals surface area contributed by atoms with Crippen molar-refractivity contribution in [3.8, 4) is 0 Å². The Kier molecular flexibility index (Phi) is 12.9. The molecule has 0 heterocycles. The Labute approximate surface area is 174 Å². The van der Waals surface area contributed by atoms with Gasteiger partial charge in [0.2, 0.25) is 0 Å². The van der Waals surface area contributed by atoms with Crippen LogP contribution in [0.1, 0.15) is 65.0 Å². The Morgan fingerprint density at radius 2 is 1.22 bits per heavy atom. The molecule has 0 amide bonds. The van der Waals surface area contributed by atoms with E-state index in [1.165, 1.54) is 53.5 Å². The third-order valence-electron chi connectivity index (χ3n) is 5.33. The van der Waals surface area contributed by atoms with Crippen molar-refractivity contribution in [3.05, 3.63) is 57.6 Å². The Hall–Kier alpha value is 0.163. The molecular weight excluding hydrogens is 402 g/mol. The van der Waals surface area contributed by atoms with Crippen molar-refractivity contribution in [1.29, 1.82) is 0 Å². The van der Waals surface area contributed by atoms with Gasteiger partial charge in [-0.15, -0.1) is 0 Å². The molecule has 0 saturated heterocycles. The molecule has 0 bridgehead atoms. The SMILES string of the molecule is Cc1c(C)c(C)[c-](C)c1C.[Cl-].[Cl-].[Zr+4].c1cc[c-](C2CCCC2)c1. The first-order valence-electron chi connectivity index (χ1n) is 7.93. The summed E-state index contributed by atoms with van der Waals surface area (Å²) in [5.74, 6) is 0.898. The summed E-state index contributed by atoms with van der Waals surface area (Å²) in [5.41, 5.74) is 8.91. The van der Waals surface area contributed by atoms with Crippen LogP contribution in [0.4, 0.5) is 0 Å². The fourth-order valence-corrected chi connectivity index (χ4v) is 3.33. The van der Waals surface area contributed by atoms with Gasteiger partial charge in [-0.1, -0.05) is 66.2 Å². The molecule has 0 nitrogen and oxygen atoms in total. The zero-order chi connectivity index (χ0) is 14.7. The maximum Gasteiger partial charge on any atom is 4.00 e. The second kappa shape index (κ2) is 11.7. The molecule has 1 aliphatic rings. The molecule has 0 spiro atoms. The van der Waals surface area contributed by atoms with Crippen molar-refractivity contribution in [2.24, 2.45) is 0 Å². The van der Waals surface area contributed by atoms with Gasteiger partial charge in [0.1, 0.15) is 0 Å². The maximum atomic E-state index is 2.26. The molecule has 0 radical (unpaired) electrons. The first kappa shape index (κ1) is 25.4. The van der Waals surface area contributed by atoms with Gasteiger partial charge in [-0.05, 0) is 0 Å². The van der Waals surface area contributed by atoms with E-state index >= 15 is 0 Å². The molecule has 1 aliphatic carbocycles. The molecule has 3 rings (SSSR count). The van der Waals surface area contributed by atoms with Crippen LogP contribution >= 0.6 is 0 Å². The molecule has 2 aromatic carbocycles. The van der Waals surface area contributed by atoms with Crippen molar-refractivity contribution in [1.82, 2.24) is 0 Å². The molecule has 0 aromatic heterocycles. The van der Waals surface area contributed by atoms with Crippen LogP contribution in [-0.4, -0.2) is 0 Å². The Morgan fingerprint density at radius 1 is 0.826 bits per heavy atom. The van der Waals surface area contributed by atoms with Crippen LogP contribution in [-0.2, 0) is 26.2 Å². The normalized spacial score (nSPS) is 13.3. The summed E-state index contributed by atoms with van der Waals surface area (Å²) in [6, 6.07) is 8.81. The van der Waals surface area contributed by atoms with Gasteiger partial charge in [-0.2, -0.15) is 45.5 Å². The Balaban J connectivity index is 0. The standard InChI is InChI=1S/C10H13.C10H15.2ClH.Zr/c1-2-6-9(5-1)10-7-3-4-8-10;1-6-7(2)9(4)10(5)8(6)3;;;/h1-2,5-6,10H,3-4,7-8H2;1-5H3;2*1H;/q2*-1;;;+4/p-2.